The third kappa shape index (κ3) is 6.82. The molecule has 0 saturated carbocycles. The van der Waals surface area contributed by atoms with Crippen molar-refractivity contribution in [3.8, 4) is 0 Å². The minimum atomic E-state index is -0.968. The van der Waals surface area contributed by atoms with E-state index in [2.05, 4.69) is 21.3 Å². The molecule has 0 bridgehead atoms. The first-order valence-electron chi connectivity index (χ1n) is 9.89. The van der Waals surface area contributed by atoms with Crippen LogP contribution in [-0.2, 0) is 9.59 Å². The molecular weight excluding hydrogens is 473 g/mol. The molecule has 1 aliphatic heterocycles. The highest BCUT2D eigenvalue weighted by Gasteiger charge is 2.28. The molecule has 5 N–H and O–H groups in total. The van der Waals surface area contributed by atoms with E-state index in [0.717, 1.165) is 4.90 Å². The number of urea groups is 2. The highest BCUT2D eigenvalue weighted by molar-refractivity contribution is 6.42. The molecule has 3 rings (SSSR count). The molecule has 1 aliphatic rings. The number of benzene rings is 2. The number of nitrogens with zero attached hydrogens (tertiary/aromatic N) is 1. The number of carbonyl (C=O) groups is 4. The average Bonchev–Trinajstić information content (AvgIpc) is 3.11. The van der Waals surface area contributed by atoms with Crippen molar-refractivity contribution in [3.63, 3.8) is 0 Å². The minimum absolute atomic E-state index is 0.00954. The largest absolute Gasteiger partial charge is 0.387 e. The summed E-state index contributed by atoms with van der Waals surface area (Å²) in [6, 6.07) is 10.0. The first-order valence-corrected chi connectivity index (χ1v) is 10.6. The molecule has 0 radical (unpaired) electrons. The SMILES string of the molecule is O=C(CCN1C(=O)CNC1=O)Nc1ccc(NC(=O)NCC(O)c2ccc(Cl)c(Cl)c2)cc1. The summed E-state index contributed by atoms with van der Waals surface area (Å²) in [6.07, 6.45) is -1.01. The zero-order valence-electron chi connectivity index (χ0n) is 17.2. The van der Waals surface area contributed by atoms with Crippen molar-refractivity contribution in [3.05, 3.63) is 58.1 Å². The van der Waals surface area contributed by atoms with Gasteiger partial charge in [0.15, 0.2) is 0 Å². The van der Waals surface area contributed by atoms with Gasteiger partial charge in [0, 0.05) is 30.9 Å². The van der Waals surface area contributed by atoms with Crippen LogP contribution in [0.25, 0.3) is 0 Å². The molecule has 0 aromatic heterocycles. The number of hydrogen-bond donors (Lipinski definition) is 5. The van der Waals surface area contributed by atoms with Gasteiger partial charge in [0.05, 0.1) is 22.7 Å². The molecule has 1 saturated heterocycles. The van der Waals surface area contributed by atoms with E-state index in [1.54, 1.807) is 36.4 Å². The lowest BCUT2D eigenvalue weighted by Crippen LogP contribution is -2.33. The topological polar surface area (TPSA) is 140 Å². The standard InChI is InChI=1S/C21H21Cl2N5O5/c22-15-6-1-12(9-16(15)23)17(29)10-24-20(32)27-14-4-2-13(3-5-14)26-18(30)7-8-28-19(31)11-25-21(28)33/h1-6,9,17,29H,7-8,10-11H2,(H,25,33)(H,26,30)(H2,24,27,32). The van der Waals surface area contributed by atoms with Crippen LogP contribution in [-0.4, -0.2) is 53.5 Å². The summed E-state index contributed by atoms with van der Waals surface area (Å²) in [4.78, 5) is 48.1. The van der Waals surface area contributed by atoms with E-state index in [-0.39, 0.29) is 37.9 Å². The fraction of sp³-hybridized carbons (Fsp3) is 0.238. The van der Waals surface area contributed by atoms with E-state index in [4.69, 9.17) is 23.2 Å². The molecule has 2 aromatic carbocycles. The monoisotopic (exact) mass is 493 g/mol. The Hall–Kier alpha value is -3.34. The summed E-state index contributed by atoms with van der Waals surface area (Å²) in [5.41, 5.74) is 1.46. The van der Waals surface area contributed by atoms with Gasteiger partial charge >= 0.3 is 12.1 Å². The van der Waals surface area contributed by atoms with E-state index >= 15 is 0 Å². The van der Waals surface area contributed by atoms with Crippen LogP contribution in [0, 0.1) is 0 Å². The number of aliphatic hydroxyl groups excluding tert-OH is 1. The van der Waals surface area contributed by atoms with Crippen molar-refractivity contribution < 1.29 is 24.3 Å². The molecule has 2 aromatic rings. The maximum Gasteiger partial charge on any atom is 0.324 e. The molecule has 10 nitrogen and oxygen atoms in total. The highest BCUT2D eigenvalue weighted by atomic mass is 35.5. The highest BCUT2D eigenvalue weighted by Crippen LogP contribution is 2.25. The number of nitrogens with one attached hydrogen (secondary N) is 4. The Morgan fingerprint density at radius 1 is 1.03 bits per heavy atom. The van der Waals surface area contributed by atoms with Crippen molar-refractivity contribution in [1.82, 2.24) is 15.5 Å². The van der Waals surface area contributed by atoms with Crippen LogP contribution in [0.5, 0.6) is 0 Å². The summed E-state index contributed by atoms with van der Waals surface area (Å²) in [7, 11) is 0. The Morgan fingerprint density at radius 3 is 2.30 bits per heavy atom. The van der Waals surface area contributed by atoms with Crippen molar-refractivity contribution >= 4 is 58.5 Å². The van der Waals surface area contributed by atoms with Crippen molar-refractivity contribution in [1.29, 1.82) is 0 Å². The molecule has 0 aliphatic carbocycles. The number of amides is 6. The van der Waals surface area contributed by atoms with Gasteiger partial charge in [-0.15, -0.1) is 0 Å². The smallest absolute Gasteiger partial charge is 0.324 e. The zero-order valence-corrected chi connectivity index (χ0v) is 18.7. The number of hydrogen-bond acceptors (Lipinski definition) is 5. The van der Waals surface area contributed by atoms with Gasteiger partial charge in [-0.05, 0) is 42.0 Å². The van der Waals surface area contributed by atoms with E-state index in [1.807, 2.05) is 0 Å². The quantitative estimate of drug-likeness (QED) is 0.359. The van der Waals surface area contributed by atoms with Crippen LogP contribution in [0.4, 0.5) is 21.0 Å². The minimum Gasteiger partial charge on any atom is -0.387 e. The maximum atomic E-state index is 12.1. The summed E-state index contributed by atoms with van der Waals surface area (Å²) < 4.78 is 0. The average molecular weight is 494 g/mol. The molecule has 33 heavy (non-hydrogen) atoms. The number of aliphatic hydroxyl groups is 1. The lowest BCUT2D eigenvalue weighted by Gasteiger charge is -2.14. The predicted octanol–water partition coefficient (Wildman–Crippen LogP) is 2.73. The Morgan fingerprint density at radius 2 is 1.70 bits per heavy atom. The van der Waals surface area contributed by atoms with Gasteiger partial charge in [0.2, 0.25) is 11.8 Å². The molecule has 1 fully saturated rings. The zero-order chi connectivity index (χ0) is 24.0. The number of anilines is 2. The van der Waals surface area contributed by atoms with Crippen LogP contribution < -0.4 is 21.3 Å². The van der Waals surface area contributed by atoms with Gasteiger partial charge in [-0.1, -0.05) is 29.3 Å². The summed E-state index contributed by atoms with van der Waals surface area (Å²) >= 11 is 11.8. The van der Waals surface area contributed by atoms with Crippen LogP contribution in [0.2, 0.25) is 10.0 Å². The van der Waals surface area contributed by atoms with E-state index in [1.165, 1.54) is 6.07 Å². The first kappa shape index (κ1) is 24.3. The summed E-state index contributed by atoms with van der Waals surface area (Å²) in [5.74, 6) is -0.733. The predicted molar refractivity (Wildman–Crippen MR) is 123 cm³/mol. The van der Waals surface area contributed by atoms with E-state index < -0.39 is 18.2 Å². The second kappa shape index (κ2) is 11.0. The van der Waals surface area contributed by atoms with Gasteiger partial charge in [-0.3, -0.25) is 14.5 Å². The van der Waals surface area contributed by atoms with E-state index in [9.17, 15) is 24.3 Å². The molecule has 1 heterocycles. The third-order valence-corrected chi connectivity index (χ3v) is 5.45. The molecule has 174 valence electrons. The van der Waals surface area contributed by atoms with Gasteiger partial charge in [0.1, 0.15) is 0 Å². The van der Waals surface area contributed by atoms with Crippen LogP contribution in [0.1, 0.15) is 18.1 Å². The Balaban J connectivity index is 1.42. The maximum absolute atomic E-state index is 12.1. The number of halogens is 2. The fourth-order valence-electron chi connectivity index (χ4n) is 2.96. The molecular formula is C21H21Cl2N5O5. The normalized spacial score (nSPS) is 14.0. The van der Waals surface area contributed by atoms with Crippen LogP contribution in [0.15, 0.2) is 42.5 Å². The molecule has 12 heteroatoms. The van der Waals surface area contributed by atoms with Gasteiger partial charge in [-0.25, -0.2) is 9.59 Å². The third-order valence-electron chi connectivity index (χ3n) is 4.71. The van der Waals surface area contributed by atoms with Crippen molar-refractivity contribution in [2.45, 2.75) is 12.5 Å². The van der Waals surface area contributed by atoms with Crippen LogP contribution in [0.3, 0.4) is 0 Å². The second-order valence-corrected chi connectivity index (χ2v) is 7.92. The van der Waals surface area contributed by atoms with Crippen molar-refractivity contribution in [2.24, 2.45) is 0 Å². The molecule has 1 atom stereocenters. The second-order valence-electron chi connectivity index (χ2n) is 7.10. The van der Waals surface area contributed by atoms with Crippen LogP contribution >= 0.6 is 23.2 Å². The van der Waals surface area contributed by atoms with Gasteiger partial charge < -0.3 is 26.4 Å². The molecule has 1 unspecified atom stereocenters. The number of rotatable bonds is 8. The van der Waals surface area contributed by atoms with Crippen molar-refractivity contribution in [2.75, 3.05) is 30.3 Å². The number of carbonyl (C=O) groups excluding carboxylic acids is 4. The van der Waals surface area contributed by atoms with E-state index in [0.29, 0.717) is 27.0 Å². The first-order chi connectivity index (χ1) is 15.7. The Bertz CT molecular complexity index is 1050. The fourth-order valence-corrected chi connectivity index (χ4v) is 3.26. The van der Waals surface area contributed by atoms with Gasteiger partial charge in [0.25, 0.3) is 0 Å². The number of imide groups is 1. The van der Waals surface area contributed by atoms with Gasteiger partial charge in [-0.2, -0.15) is 0 Å². The lowest BCUT2D eigenvalue weighted by molar-refractivity contribution is -0.125. The summed E-state index contributed by atoms with van der Waals surface area (Å²) in [6.45, 7) is -0.114. The Labute approximate surface area is 199 Å². The lowest BCUT2D eigenvalue weighted by atomic mass is 10.1. The summed E-state index contributed by atoms with van der Waals surface area (Å²) in [5, 5.41) is 21.1. The molecule has 0 spiro atoms. The molecule has 6 amide bonds. The Kier molecular flexibility index (Phi) is 8.10.